The minimum Gasteiger partial charge on any atom is -0.410 e. The molecule has 0 saturated carbocycles. The third kappa shape index (κ3) is 4.35. The van der Waals surface area contributed by atoms with Crippen molar-refractivity contribution in [3.8, 4) is 0 Å². The summed E-state index contributed by atoms with van der Waals surface area (Å²) in [4.78, 5) is 10.8. The lowest BCUT2D eigenvalue weighted by Gasteiger charge is -2.47. The lowest BCUT2D eigenvalue weighted by molar-refractivity contribution is -0.416. The van der Waals surface area contributed by atoms with Crippen molar-refractivity contribution in [2.45, 2.75) is 69.7 Å². The van der Waals surface area contributed by atoms with Crippen molar-refractivity contribution in [1.82, 2.24) is 5.32 Å². The third-order valence-corrected chi connectivity index (χ3v) is 3.25. The second kappa shape index (κ2) is 7.48. The van der Waals surface area contributed by atoms with Gasteiger partial charge < -0.3 is 34.8 Å². The number of aliphatic hydroxyl groups excluding tert-OH is 3. The molecule has 1 aliphatic heterocycles. The van der Waals surface area contributed by atoms with Gasteiger partial charge in [-0.05, 0) is 27.8 Å². The highest BCUT2D eigenvalue weighted by Crippen LogP contribution is 2.34. The van der Waals surface area contributed by atoms with Crippen LogP contribution in [-0.2, 0) is 19.0 Å². The van der Waals surface area contributed by atoms with Gasteiger partial charge in [0, 0.05) is 1.37 Å². The molecule has 0 radical (unpaired) electrons. The van der Waals surface area contributed by atoms with Gasteiger partial charge in [-0.1, -0.05) is 0 Å². The average molecular weight is 308 g/mol. The van der Waals surface area contributed by atoms with Crippen LogP contribution < -0.4 is 5.32 Å². The molecule has 0 aliphatic carbocycles. The molecular formula is C13H25NO7. The Morgan fingerprint density at radius 3 is 2.67 bits per heavy atom. The molecule has 8 nitrogen and oxygen atoms in total. The fraction of sp³-hybridized carbons (Fsp3) is 0.923. The van der Waals surface area contributed by atoms with E-state index in [0.717, 1.165) is 0 Å². The van der Waals surface area contributed by atoms with Gasteiger partial charge in [0.25, 0.3) is 6.47 Å². The van der Waals surface area contributed by atoms with E-state index >= 15 is 0 Å². The van der Waals surface area contributed by atoms with E-state index in [9.17, 15) is 20.1 Å². The second-order valence-electron chi connectivity index (χ2n) is 5.29. The quantitative estimate of drug-likeness (QED) is 0.339. The number of carbonyl (C=O) groups excluding carboxylic acids is 1. The van der Waals surface area contributed by atoms with Gasteiger partial charge in [-0.15, -0.1) is 0 Å². The van der Waals surface area contributed by atoms with Crippen molar-refractivity contribution >= 4 is 6.47 Å². The molecule has 0 aromatic rings. The number of ether oxygens (including phenoxy) is 3. The topological polar surface area (TPSA) is 117 Å². The summed E-state index contributed by atoms with van der Waals surface area (Å²) in [6.07, 6.45) is -5.57. The molecule has 6 unspecified atom stereocenters. The highest BCUT2D eigenvalue weighted by atomic mass is 16.9. The summed E-state index contributed by atoms with van der Waals surface area (Å²) < 4.78 is 23.1. The van der Waals surface area contributed by atoms with Gasteiger partial charge >= 0.3 is 5.97 Å². The van der Waals surface area contributed by atoms with E-state index in [1.165, 1.54) is 0 Å². The molecule has 21 heavy (non-hydrogen) atoms. The monoisotopic (exact) mass is 308 g/mol. The number of likely N-dealkylation sites (N-methyl/N-ethyl adjacent to an activating group) is 1. The van der Waals surface area contributed by atoms with E-state index in [1.54, 1.807) is 20.9 Å². The number of carbonyl (C=O) groups is 1. The Balaban J connectivity index is 3.07. The highest BCUT2D eigenvalue weighted by Gasteiger charge is 2.52. The van der Waals surface area contributed by atoms with Crippen LogP contribution >= 0.6 is 0 Å². The first-order valence-electron chi connectivity index (χ1n) is 7.48. The van der Waals surface area contributed by atoms with Gasteiger partial charge in [-0.25, -0.2) is 0 Å². The first-order valence-corrected chi connectivity index (χ1v) is 6.78. The molecule has 0 aromatic heterocycles. The van der Waals surface area contributed by atoms with Crippen LogP contribution in [0, 0.1) is 0 Å². The summed E-state index contributed by atoms with van der Waals surface area (Å²) in [7, 11) is 1.56. The average Bonchev–Trinajstić information content (AvgIpc) is 2.44. The summed E-state index contributed by atoms with van der Waals surface area (Å²) in [5.74, 6) is -1.85. The van der Waals surface area contributed by atoms with Gasteiger partial charge in [0.2, 0.25) is 0 Å². The summed E-state index contributed by atoms with van der Waals surface area (Å²) in [5.41, 5.74) is 0. The zero-order valence-electron chi connectivity index (χ0n) is 13.4. The largest absolute Gasteiger partial charge is 0.410 e. The van der Waals surface area contributed by atoms with Crippen molar-refractivity contribution in [2.24, 2.45) is 0 Å². The van der Waals surface area contributed by atoms with Crippen LogP contribution in [0.1, 0.15) is 28.5 Å². The predicted octanol–water partition coefficient (Wildman–Crippen LogP) is -1.28. The van der Waals surface area contributed by atoms with Gasteiger partial charge in [0.15, 0.2) is 0 Å². The maximum Gasteiger partial charge on any atom is 0.332 e. The van der Waals surface area contributed by atoms with Crippen LogP contribution in [0.4, 0.5) is 0 Å². The molecule has 4 N–H and O–H groups in total. The summed E-state index contributed by atoms with van der Waals surface area (Å²) in [6, 6.07) is -0.727. The Labute approximate surface area is 125 Å². The van der Waals surface area contributed by atoms with Crippen molar-refractivity contribution in [3.63, 3.8) is 0 Å². The molecule has 0 spiro atoms. The van der Waals surface area contributed by atoms with E-state index in [2.05, 4.69) is 5.32 Å². The van der Waals surface area contributed by atoms with Crippen molar-refractivity contribution in [1.29, 1.82) is 0 Å². The number of aliphatic hydroxyl groups is 3. The van der Waals surface area contributed by atoms with Crippen molar-refractivity contribution < 1.29 is 35.7 Å². The maximum atomic E-state index is 10.8. The summed E-state index contributed by atoms with van der Waals surface area (Å²) in [5, 5.41) is 32.9. The predicted molar refractivity (Wildman–Crippen MR) is 72.1 cm³/mol. The van der Waals surface area contributed by atoms with Gasteiger partial charge in [-0.2, -0.15) is 0 Å². The van der Waals surface area contributed by atoms with E-state index in [-0.39, 0.29) is 19.0 Å². The highest BCUT2D eigenvalue weighted by molar-refractivity contribution is 5.37. The van der Waals surface area contributed by atoms with Crippen molar-refractivity contribution in [2.75, 3.05) is 7.05 Å². The van der Waals surface area contributed by atoms with Crippen LogP contribution in [0.15, 0.2) is 0 Å². The van der Waals surface area contributed by atoms with Crippen LogP contribution in [0.5, 0.6) is 0 Å². The van der Waals surface area contributed by atoms with Gasteiger partial charge in [0.05, 0.1) is 30.8 Å². The molecule has 0 aromatic carbocycles. The molecular weight excluding hydrogens is 282 g/mol. The zero-order chi connectivity index (χ0) is 16.9. The Morgan fingerprint density at radius 2 is 2.19 bits per heavy atom. The number of nitrogens with one attached hydrogen (secondary N) is 1. The molecule has 1 saturated heterocycles. The molecule has 1 rings (SSSR count). The SMILES string of the molecule is [2H]CC(O)C(O)C1OC(OC=O)(OC(C)C)CC(O)C1NC. The fourth-order valence-electron chi connectivity index (χ4n) is 2.40. The lowest BCUT2D eigenvalue weighted by Crippen LogP contribution is -2.65. The molecule has 124 valence electrons. The zero-order valence-corrected chi connectivity index (χ0v) is 12.4. The summed E-state index contributed by atoms with van der Waals surface area (Å²) >= 11 is 0. The molecule has 1 aliphatic rings. The molecule has 1 heterocycles. The minimum absolute atomic E-state index is 0.138. The van der Waals surface area contributed by atoms with Crippen LogP contribution in [0.3, 0.4) is 0 Å². The number of hydrogen-bond acceptors (Lipinski definition) is 8. The smallest absolute Gasteiger partial charge is 0.332 e. The Morgan fingerprint density at radius 1 is 1.52 bits per heavy atom. The minimum atomic E-state index is -1.85. The molecule has 0 amide bonds. The van der Waals surface area contributed by atoms with E-state index in [4.69, 9.17) is 15.6 Å². The summed E-state index contributed by atoms with van der Waals surface area (Å²) in [6.45, 7) is 3.08. The van der Waals surface area contributed by atoms with E-state index in [0.29, 0.717) is 0 Å². The first kappa shape index (κ1) is 16.6. The Bertz CT molecular complexity index is 359. The van der Waals surface area contributed by atoms with E-state index in [1.807, 2.05) is 0 Å². The number of hydrogen-bond donors (Lipinski definition) is 4. The fourth-order valence-corrected chi connectivity index (χ4v) is 2.40. The molecule has 1 fully saturated rings. The lowest BCUT2D eigenvalue weighted by atomic mass is 9.92. The standard InChI is InChI=1S/C13H25NO7/c1-7(2)20-13(19-6-15)5-9(17)10(14-4)12(21-13)11(18)8(3)16/h6-12,14,16-18H,5H2,1-4H3/i3D. The van der Waals surface area contributed by atoms with Crippen LogP contribution in [-0.4, -0.2) is 71.4 Å². The molecule has 6 atom stereocenters. The number of rotatable bonds is 7. The van der Waals surface area contributed by atoms with Gasteiger partial charge in [0.1, 0.15) is 12.2 Å². The van der Waals surface area contributed by atoms with Gasteiger partial charge in [-0.3, -0.25) is 4.79 Å². The Kier molecular flexibility index (Phi) is 5.91. The third-order valence-electron chi connectivity index (χ3n) is 3.25. The van der Waals surface area contributed by atoms with Crippen LogP contribution in [0.25, 0.3) is 0 Å². The molecule has 0 bridgehead atoms. The van der Waals surface area contributed by atoms with Crippen molar-refractivity contribution in [3.05, 3.63) is 0 Å². The second-order valence-corrected chi connectivity index (χ2v) is 5.29. The normalized spacial score (nSPS) is 36.9. The maximum absolute atomic E-state index is 10.8. The first-order chi connectivity index (χ1) is 10.3. The van der Waals surface area contributed by atoms with Crippen LogP contribution in [0.2, 0.25) is 0 Å². The van der Waals surface area contributed by atoms with E-state index < -0.39 is 43.3 Å². The molecule has 8 heteroatoms. The Hall–Kier alpha value is -0.770.